The van der Waals surface area contributed by atoms with Gasteiger partial charge < -0.3 is 25.8 Å². The van der Waals surface area contributed by atoms with Gasteiger partial charge in [-0.25, -0.2) is 4.39 Å². The summed E-state index contributed by atoms with van der Waals surface area (Å²) in [4.78, 5) is 12.3. The van der Waals surface area contributed by atoms with Gasteiger partial charge in [0, 0.05) is 32.1 Å². The first-order chi connectivity index (χ1) is 11.6. The average molecular weight is 410 g/mol. The molecule has 0 aromatic heterocycles. The van der Waals surface area contributed by atoms with Crippen LogP contribution in [0.3, 0.4) is 0 Å². The quantitative estimate of drug-likeness (QED) is 0.695. The maximum absolute atomic E-state index is 14.2. The highest BCUT2D eigenvalue weighted by molar-refractivity contribution is 5.98. The molecule has 1 aromatic rings. The Morgan fingerprint density at radius 1 is 1.27 bits per heavy atom. The van der Waals surface area contributed by atoms with Crippen molar-refractivity contribution in [2.75, 3.05) is 37.0 Å². The van der Waals surface area contributed by atoms with Crippen LogP contribution in [0.15, 0.2) is 18.2 Å². The van der Waals surface area contributed by atoms with Crippen LogP contribution < -0.4 is 16.4 Å². The number of carbonyl (C=O) groups is 1. The summed E-state index contributed by atoms with van der Waals surface area (Å²) in [5.41, 5.74) is 5.97. The normalized spacial score (nSPS) is 21.2. The predicted molar refractivity (Wildman–Crippen MR) is 104 cm³/mol. The van der Waals surface area contributed by atoms with Crippen LogP contribution in [-0.2, 0) is 14.3 Å². The van der Waals surface area contributed by atoms with Crippen LogP contribution >= 0.6 is 24.8 Å². The molecule has 2 aliphatic heterocycles. The number of ether oxygens (including phenoxy) is 2. The first-order valence-electron chi connectivity index (χ1n) is 8.40. The number of rotatable bonds is 5. The highest BCUT2D eigenvalue weighted by Crippen LogP contribution is 2.23. The zero-order chi connectivity index (χ0) is 17.0. The van der Waals surface area contributed by atoms with Gasteiger partial charge in [0.25, 0.3) is 0 Å². The van der Waals surface area contributed by atoms with Gasteiger partial charge in [-0.2, -0.15) is 0 Å². The van der Waals surface area contributed by atoms with E-state index in [0.29, 0.717) is 44.0 Å². The molecule has 0 aliphatic carbocycles. The number of amides is 1. The van der Waals surface area contributed by atoms with E-state index in [4.69, 9.17) is 15.2 Å². The Labute approximate surface area is 165 Å². The number of anilines is 2. The van der Waals surface area contributed by atoms with Crippen molar-refractivity contribution in [1.29, 1.82) is 0 Å². The van der Waals surface area contributed by atoms with Crippen LogP contribution in [0.25, 0.3) is 0 Å². The Kier molecular flexibility index (Phi) is 9.06. The van der Waals surface area contributed by atoms with E-state index in [0.717, 1.165) is 19.4 Å². The van der Waals surface area contributed by atoms with E-state index in [1.54, 1.807) is 12.1 Å². The molecule has 1 amide bonds. The van der Waals surface area contributed by atoms with Gasteiger partial charge in [-0.05, 0) is 43.9 Å². The van der Waals surface area contributed by atoms with Crippen molar-refractivity contribution in [3.8, 4) is 0 Å². The van der Waals surface area contributed by atoms with Crippen molar-refractivity contribution in [1.82, 2.24) is 0 Å². The summed E-state index contributed by atoms with van der Waals surface area (Å²) in [5.74, 6) is -0.714. The van der Waals surface area contributed by atoms with E-state index in [1.807, 2.05) is 0 Å². The second-order valence-electron chi connectivity index (χ2n) is 6.43. The molecule has 3 rings (SSSR count). The zero-order valence-electron chi connectivity index (χ0n) is 14.5. The number of nitrogens with one attached hydrogen (secondary N) is 2. The molecule has 148 valence electrons. The molecule has 0 saturated carbocycles. The lowest BCUT2D eigenvalue weighted by molar-refractivity contribution is -0.124. The van der Waals surface area contributed by atoms with Gasteiger partial charge in [-0.1, -0.05) is 0 Å². The number of benzene rings is 1. The first kappa shape index (κ1) is 22.9. The van der Waals surface area contributed by atoms with Gasteiger partial charge in [-0.15, -0.1) is 24.8 Å². The smallest absolute Gasteiger partial charge is 0.244 e. The van der Waals surface area contributed by atoms with Crippen LogP contribution in [0.5, 0.6) is 0 Å². The first-order valence-corrected chi connectivity index (χ1v) is 8.40. The maximum Gasteiger partial charge on any atom is 0.244 e. The highest BCUT2D eigenvalue weighted by Gasteiger charge is 2.36. The van der Waals surface area contributed by atoms with E-state index in [9.17, 15) is 9.18 Å². The molecule has 2 heterocycles. The topological polar surface area (TPSA) is 85.6 Å². The monoisotopic (exact) mass is 409 g/mol. The van der Waals surface area contributed by atoms with Gasteiger partial charge in [0.1, 0.15) is 11.4 Å². The third-order valence-corrected chi connectivity index (χ3v) is 4.61. The average Bonchev–Trinajstić information content (AvgIpc) is 3.08. The van der Waals surface area contributed by atoms with Crippen molar-refractivity contribution in [2.24, 2.45) is 5.73 Å². The summed E-state index contributed by atoms with van der Waals surface area (Å²) in [6.07, 6.45) is 3.09. The lowest BCUT2D eigenvalue weighted by Gasteiger charge is -2.31. The van der Waals surface area contributed by atoms with E-state index < -0.39 is 11.4 Å². The lowest BCUT2D eigenvalue weighted by Crippen LogP contribution is -2.54. The lowest BCUT2D eigenvalue weighted by atomic mass is 9.90. The van der Waals surface area contributed by atoms with Gasteiger partial charge >= 0.3 is 0 Å². The minimum Gasteiger partial charge on any atom is -0.381 e. The fraction of sp³-hybridized carbons (Fsp3) is 0.588. The summed E-state index contributed by atoms with van der Waals surface area (Å²) < 4.78 is 24.9. The Morgan fingerprint density at radius 3 is 2.62 bits per heavy atom. The summed E-state index contributed by atoms with van der Waals surface area (Å²) in [5, 5.41) is 5.76. The number of hydrogen-bond donors (Lipinski definition) is 3. The number of hydrogen-bond acceptors (Lipinski definition) is 5. The molecule has 0 radical (unpaired) electrons. The van der Waals surface area contributed by atoms with Gasteiger partial charge in [0.2, 0.25) is 5.91 Å². The number of nitrogens with two attached hydrogens (primary N) is 1. The van der Waals surface area contributed by atoms with Gasteiger partial charge in [0.05, 0.1) is 11.8 Å². The molecule has 4 N–H and O–H groups in total. The molecule has 2 saturated heterocycles. The molecule has 1 atom stereocenters. The number of carbonyl (C=O) groups excluding carboxylic acids is 1. The summed E-state index contributed by atoms with van der Waals surface area (Å²) in [6, 6.07) is 4.59. The maximum atomic E-state index is 14.2. The molecule has 2 aliphatic rings. The Balaban J connectivity index is 0.00000169. The van der Waals surface area contributed by atoms with Crippen LogP contribution in [0, 0.1) is 5.82 Å². The Hall–Kier alpha value is -1.12. The molecule has 26 heavy (non-hydrogen) atoms. The third-order valence-electron chi connectivity index (χ3n) is 4.61. The third kappa shape index (κ3) is 5.69. The van der Waals surface area contributed by atoms with Gasteiger partial charge in [0.15, 0.2) is 0 Å². The fourth-order valence-corrected chi connectivity index (χ4v) is 2.98. The van der Waals surface area contributed by atoms with Crippen LogP contribution in [0.2, 0.25) is 0 Å². The minimum atomic E-state index is -0.953. The Bertz CT molecular complexity index is 595. The largest absolute Gasteiger partial charge is 0.381 e. The molecular formula is C17H26Cl2FN3O3. The van der Waals surface area contributed by atoms with Crippen LogP contribution in [-0.4, -0.2) is 43.9 Å². The van der Waals surface area contributed by atoms with Crippen LogP contribution in [0.4, 0.5) is 15.8 Å². The molecule has 1 aromatic carbocycles. The minimum absolute atomic E-state index is 0. The van der Waals surface area contributed by atoms with Crippen molar-refractivity contribution >= 4 is 42.1 Å². The zero-order valence-corrected chi connectivity index (χ0v) is 16.1. The standard InChI is InChI=1S/C17H24FN3O3.2ClH/c18-14-10-12(21-16(22)17(19)5-8-23-9-6-17)3-4-15(14)20-11-13-2-1-7-24-13;;/h3-4,10,13,20H,1-2,5-9,11,19H2,(H,21,22);2*1H. The molecule has 0 bridgehead atoms. The molecular weight excluding hydrogens is 384 g/mol. The summed E-state index contributed by atoms with van der Waals surface area (Å²) in [6.45, 7) is 2.27. The van der Waals surface area contributed by atoms with E-state index in [2.05, 4.69) is 10.6 Å². The van der Waals surface area contributed by atoms with Crippen molar-refractivity contribution < 1.29 is 18.7 Å². The second-order valence-corrected chi connectivity index (χ2v) is 6.43. The molecule has 9 heteroatoms. The fourth-order valence-electron chi connectivity index (χ4n) is 2.98. The van der Waals surface area contributed by atoms with Crippen LogP contribution in [0.1, 0.15) is 25.7 Å². The number of halogens is 3. The van der Waals surface area contributed by atoms with E-state index >= 15 is 0 Å². The van der Waals surface area contributed by atoms with E-state index in [1.165, 1.54) is 6.07 Å². The molecule has 0 spiro atoms. The Morgan fingerprint density at radius 2 is 2.00 bits per heavy atom. The molecule has 6 nitrogen and oxygen atoms in total. The molecule has 1 unspecified atom stereocenters. The highest BCUT2D eigenvalue weighted by atomic mass is 35.5. The second kappa shape index (κ2) is 10.3. The summed E-state index contributed by atoms with van der Waals surface area (Å²) in [7, 11) is 0. The van der Waals surface area contributed by atoms with Gasteiger partial charge in [-0.3, -0.25) is 4.79 Å². The predicted octanol–water partition coefficient (Wildman–Crippen LogP) is 2.71. The molecule has 2 fully saturated rings. The summed E-state index contributed by atoms with van der Waals surface area (Å²) >= 11 is 0. The van der Waals surface area contributed by atoms with Crippen molar-refractivity contribution in [3.63, 3.8) is 0 Å². The van der Waals surface area contributed by atoms with Crippen molar-refractivity contribution in [3.05, 3.63) is 24.0 Å². The van der Waals surface area contributed by atoms with Crippen molar-refractivity contribution in [2.45, 2.75) is 37.3 Å². The van der Waals surface area contributed by atoms with E-state index in [-0.39, 0.29) is 36.8 Å². The SMILES string of the molecule is Cl.Cl.NC1(C(=O)Nc2ccc(NCC3CCCO3)c(F)c2)CCOCC1.